The number of aromatic nitrogens is 2. The third kappa shape index (κ3) is 5.78. The highest BCUT2D eigenvalue weighted by atomic mass is 19.4. The van der Waals surface area contributed by atoms with Crippen LogP contribution < -0.4 is 15.5 Å². The molecule has 0 aliphatic carbocycles. The molecular formula is C23H23F3N6O. The molecule has 2 amide bonds. The van der Waals surface area contributed by atoms with Crippen molar-refractivity contribution < 1.29 is 18.0 Å². The van der Waals surface area contributed by atoms with Crippen molar-refractivity contribution in [2.45, 2.75) is 6.18 Å². The first-order valence-corrected chi connectivity index (χ1v) is 10.4. The number of halogens is 3. The Hall–Kier alpha value is -3.66. The second-order valence-corrected chi connectivity index (χ2v) is 7.81. The zero-order valence-corrected chi connectivity index (χ0v) is 17.9. The number of carbonyl (C=O) groups is 1. The zero-order chi connectivity index (χ0) is 23.4. The summed E-state index contributed by atoms with van der Waals surface area (Å²) in [4.78, 5) is 16.7. The summed E-state index contributed by atoms with van der Waals surface area (Å²) < 4.78 is 38.6. The van der Waals surface area contributed by atoms with E-state index < -0.39 is 17.8 Å². The molecule has 0 bridgehead atoms. The Bertz CT molecular complexity index is 1110. The highest BCUT2D eigenvalue weighted by Crippen LogP contribution is 2.30. The highest BCUT2D eigenvalue weighted by molar-refractivity contribution is 6.00. The summed E-state index contributed by atoms with van der Waals surface area (Å²) in [5.74, 6) is 0.821. The first kappa shape index (κ1) is 22.5. The molecule has 0 radical (unpaired) electrons. The maximum atomic E-state index is 12.9. The molecular weight excluding hydrogens is 433 g/mol. The van der Waals surface area contributed by atoms with Crippen molar-refractivity contribution in [1.82, 2.24) is 15.1 Å². The Labute approximate surface area is 189 Å². The van der Waals surface area contributed by atoms with Gasteiger partial charge in [-0.2, -0.15) is 13.2 Å². The van der Waals surface area contributed by atoms with E-state index in [9.17, 15) is 18.0 Å². The van der Waals surface area contributed by atoms with E-state index in [1.807, 2.05) is 18.2 Å². The number of nitrogens with one attached hydrogen (secondary N) is 2. The predicted molar refractivity (Wildman–Crippen MR) is 121 cm³/mol. The number of piperazine rings is 1. The zero-order valence-electron chi connectivity index (χ0n) is 17.9. The average molecular weight is 456 g/mol. The van der Waals surface area contributed by atoms with E-state index >= 15 is 0 Å². The number of benzene rings is 2. The van der Waals surface area contributed by atoms with Crippen LogP contribution in [0.2, 0.25) is 0 Å². The van der Waals surface area contributed by atoms with Crippen LogP contribution in [0.15, 0.2) is 60.7 Å². The summed E-state index contributed by atoms with van der Waals surface area (Å²) in [6.45, 7) is 3.73. The first-order chi connectivity index (χ1) is 15.8. The van der Waals surface area contributed by atoms with E-state index in [-0.39, 0.29) is 5.69 Å². The maximum Gasteiger partial charge on any atom is 0.416 e. The largest absolute Gasteiger partial charge is 0.416 e. The first-order valence-electron chi connectivity index (χ1n) is 10.4. The summed E-state index contributed by atoms with van der Waals surface area (Å²) in [5, 5.41) is 13.7. The number of rotatable bonds is 4. The van der Waals surface area contributed by atoms with Crippen LogP contribution in [-0.4, -0.2) is 54.4 Å². The number of nitrogens with zero attached hydrogens (tertiary/aromatic N) is 4. The lowest BCUT2D eigenvalue weighted by atomic mass is 10.1. The normalized spacial score (nSPS) is 14.7. The van der Waals surface area contributed by atoms with E-state index in [1.165, 1.54) is 12.1 Å². The van der Waals surface area contributed by atoms with Crippen LogP contribution in [0, 0.1) is 0 Å². The van der Waals surface area contributed by atoms with Crippen LogP contribution in [0.4, 0.5) is 35.2 Å². The minimum Gasteiger partial charge on any atom is -0.353 e. The van der Waals surface area contributed by atoms with E-state index in [2.05, 4.69) is 37.7 Å². The summed E-state index contributed by atoms with van der Waals surface area (Å²) in [5.41, 5.74) is 1.09. The highest BCUT2D eigenvalue weighted by Gasteiger charge is 2.30. The predicted octanol–water partition coefficient (Wildman–Crippen LogP) is 4.56. The van der Waals surface area contributed by atoms with Gasteiger partial charge in [0.15, 0.2) is 5.82 Å². The maximum absolute atomic E-state index is 12.9. The number of hydrogen-bond acceptors (Lipinski definition) is 5. The molecule has 0 saturated carbocycles. The number of anilines is 3. The van der Waals surface area contributed by atoms with Gasteiger partial charge in [0.25, 0.3) is 0 Å². The fourth-order valence-corrected chi connectivity index (χ4v) is 3.51. The molecule has 10 heteroatoms. The summed E-state index contributed by atoms with van der Waals surface area (Å²) in [6.07, 6.45) is -4.48. The van der Waals surface area contributed by atoms with E-state index in [0.717, 1.165) is 49.7 Å². The van der Waals surface area contributed by atoms with Gasteiger partial charge >= 0.3 is 12.2 Å². The van der Waals surface area contributed by atoms with Gasteiger partial charge in [-0.05, 0) is 49.5 Å². The summed E-state index contributed by atoms with van der Waals surface area (Å²) >= 11 is 0. The Morgan fingerprint density at radius 2 is 1.55 bits per heavy atom. The van der Waals surface area contributed by atoms with Gasteiger partial charge in [-0.15, -0.1) is 10.2 Å². The van der Waals surface area contributed by atoms with Gasteiger partial charge in [-0.3, -0.25) is 0 Å². The Morgan fingerprint density at radius 3 is 2.18 bits per heavy atom. The van der Waals surface area contributed by atoms with E-state index in [0.29, 0.717) is 11.4 Å². The van der Waals surface area contributed by atoms with Gasteiger partial charge in [0.2, 0.25) is 0 Å². The molecule has 1 aromatic heterocycles. The number of likely N-dealkylation sites (N-methyl/N-ethyl adjacent to an activating group) is 1. The lowest BCUT2D eigenvalue weighted by molar-refractivity contribution is -0.137. The molecule has 2 N–H and O–H groups in total. The standard InChI is InChI=1S/C23H23F3N6O/c1-31-10-12-32(13-11-31)21-9-8-20(29-30-21)16-4-2-6-18(14-16)27-22(33)28-19-7-3-5-17(15-19)23(24,25)26/h2-9,14-15H,10-13H2,1H3,(H2,27,28,33). The molecule has 33 heavy (non-hydrogen) atoms. The second kappa shape index (κ2) is 9.45. The van der Waals surface area contributed by atoms with Crippen molar-refractivity contribution in [3.63, 3.8) is 0 Å². The molecule has 2 heterocycles. The average Bonchev–Trinajstić information content (AvgIpc) is 2.79. The van der Waals surface area contributed by atoms with Crippen LogP contribution in [-0.2, 0) is 6.18 Å². The third-order valence-corrected chi connectivity index (χ3v) is 5.34. The van der Waals surface area contributed by atoms with Crippen molar-refractivity contribution in [2.75, 3.05) is 48.8 Å². The van der Waals surface area contributed by atoms with Crippen LogP contribution in [0.25, 0.3) is 11.3 Å². The van der Waals surface area contributed by atoms with Gasteiger partial charge in [0, 0.05) is 43.1 Å². The number of amides is 2. The Balaban J connectivity index is 1.41. The molecule has 172 valence electrons. The fraction of sp³-hybridized carbons (Fsp3) is 0.261. The molecule has 1 aliphatic heterocycles. The SMILES string of the molecule is CN1CCN(c2ccc(-c3cccc(NC(=O)Nc4cccc(C(F)(F)F)c4)c3)nn2)CC1. The number of carbonyl (C=O) groups excluding carboxylic acids is 1. The Morgan fingerprint density at radius 1 is 0.879 bits per heavy atom. The lowest BCUT2D eigenvalue weighted by Crippen LogP contribution is -2.44. The number of urea groups is 1. The fourth-order valence-electron chi connectivity index (χ4n) is 3.51. The molecule has 0 spiro atoms. The minimum absolute atomic E-state index is 0.0452. The van der Waals surface area contributed by atoms with Crippen molar-refractivity contribution in [1.29, 1.82) is 0 Å². The summed E-state index contributed by atoms with van der Waals surface area (Å²) in [6, 6.07) is 14.6. The number of hydrogen-bond donors (Lipinski definition) is 2. The molecule has 1 fully saturated rings. The molecule has 4 rings (SSSR count). The van der Waals surface area contributed by atoms with Gasteiger partial charge < -0.3 is 20.4 Å². The quantitative estimate of drug-likeness (QED) is 0.602. The minimum atomic E-state index is -4.48. The lowest BCUT2D eigenvalue weighted by Gasteiger charge is -2.32. The van der Waals surface area contributed by atoms with Gasteiger partial charge in [0.05, 0.1) is 11.3 Å². The van der Waals surface area contributed by atoms with Crippen LogP contribution in [0.5, 0.6) is 0 Å². The molecule has 0 atom stereocenters. The van der Waals surface area contributed by atoms with E-state index in [4.69, 9.17) is 0 Å². The molecule has 1 saturated heterocycles. The number of alkyl halides is 3. The van der Waals surface area contributed by atoms with Gasteiger partial charge in [-0.1, -0.05) is 18.2 Å². The Kier molecular flexibility index (Phi) is 6.45. The molecule has 1 aliphatic rings. The molecule has 0 unspecified atom stereocenters. The van der Waals surface area contributed by atoms with Crippen molar-refractivity contribution in [3.05, 3.63) is 66.2 Å². The van der Waals surface area contributed by atoms with Gasteiger partial charge in [-0.25, -0.2) is 4.79 Å². The van der Waals surface area contributed by atoms with Crippen LogP contribution in [0.1, 0.15) is 5.56 Å². The summed E-state index contributed by atoms with van der Waals surface area (Å²) in [7, 11) is 2.09. The molecule has 7 nitrogen and oxygen atoms in total. The monoisotopic (exact) mass is 456 g/mol. The second-order valence-electron chi connectivity index (χ2n) is 7.81. The third-order valence-electron chi connectivity index (χ3n) is 5.34. The smallest absolute Gasteiger partial charge is 0.353 e. The van der Waals surface area contributed by atoms with Crippen LogP contribution in [0.3, 0.4) is 0 Å². The van der Waals surface area contributed by atoms with Crippen molar-refractivity contribution >= 4 is 23.2 Å². The topological polar surface area (TPSA) is 73.4 Å². The van der Waals surface area contributed by atoms with Crippen molar-refractivity contribution in [3.8, 4) is 11.3 Å². The van der Waals surface area contributed by atoms with Crippen molar-refractivity contribution in [2.24, 2.45) is 0 Å². The van der Waals surface area contributed by atoms with Gasteiger partial charge in [0.1, 0.15) is 0 Å². The van der Waals surface area contributed by atoms with E-state index in [1.54, 1.807) is 18.2 Å². The van der Waals surface area contributed by atoms with Crippen LogP contribution >= 0.6 is 0 Å². The molecule has 3 aromatic rings. The molecule has 2 aromatic carbocycles.